The van der Waals surface area contributed by atoms with Crippen LogP contribution in [-0.2, 0) is 10.0 Å². The number of sulfonamides is 1. The molecule has 102 valence electrons. The highest BCUT2D eigenvalue weighted by atomic mass is 32.2. The van der Waals surface area contributed by atoms with E-state index in [1.807, 2.05) is 0 Å². The van der Waals surface area contributed by atoms with Gasteiger partial charge in [-0.15, -0.1) is 0 Å². The van der Waals surface area contributed by atoms with Gasteiger partial charge in [-0.25, -0.2) is 12.8 Å². The molecule has 0 aliphatic heterocycles. The minimum absolute atomic E-state index is 0.00878. The van der Waals surface area contributed by atoms with Crippen LogP contribution in [0.1, 0.15) is 17.0 Å². The van der Waals surface area contributed by atoms with E-state index in [4.69, 9.17) is 4.52 Å². The zero-order valence-corrected chi connectivity index (χ0v) is 11.5. The fourth-order valence-corrected chi connectivity index (χ4v) is 3.15. The third-order valence-electron chi connectivity index (χ3n) is 2.65. The predicted octanol–water partition coefficient (Wildman–Crippen LogP) is 2.54. The topological polar surface area (TPSA) is 72.2 Å². The highest BCUT2D eigenvalue weighted by Crippen LogP contribution is 2.23. The molecule has 0 saturated heterocycles. The molecule has 1 heterocycles. The largest absolute Gasteiger partial charge is 0.360 e. The second kappa shape index (κ2) is 4.65. The summed E-state index contributed by atoms with van der Waals surface area (Å²) in [6.07, 6.45) is 0. The molecule has 0 saturated carbocycles. The number of nitrogens with one attached hydrogen (secondary N) is 1. The van der Waals surface area contributed by atoms with Crippen molar-refractivity contribution in [2.24, 2.45) is 0 Å². The molecule has 2 rings (SSSR count). The Bertz CT molecular complexity index is 703. The van der Waals surface area contributed by atoms with Crippen LogP contribution in [0.4, 0.5) is 10.1 Å². The van der Waals surface area contributed by atoms with Crippen LogP contribution in [-0.4, -0.2) is 13.6 Å². The summed E-state index contributed by atoms with van der Waals surface area (Å²) in [4.78, 5) is 0.00878. The molecule has 0 bridgehead atoms. The number of aromatic nitrogens is 1. The van der Waals surface area contributed by atoms with Gasteiger partial charge in [0.15, 0.2) is 10.7 Å². The lowest BCUT2D eigenvalue weighted by Crippen LogP contribution is -2.14. The third-order valence-corrected chi connectivity index (χ3v) is 4.27. The van der Waals surface area contributed by atoms with Crippen LogP contribution in [0, 0.1) is 26.6 Å². The normalized spacial score (nSPS) is 11.6. The van der Waals surface area contributed by atoms with Crippen LogP contribution in [0.5, 0.6) is 0 Å². The summed E-state index contributed by atoms with van der Waals surface area (Å²) in [6, 6.07) is 3.99. The van der Waals surface area contributed by atoms with E-state index in [0.29, 0.717) is 11.3 Å². The van der Waals surface area contributed by atoms with Crippen molar-refractivity contribution in [2.75, 3.05) is 4.72 Å². The molecule has 0 aliphatic carbocycles. The first kappa shape index (κ1) is 13.5. The molecule has 0 aliphatic rings. The number of benzene rings is 1. The molecule has 2 aromatic rings. The summed E-state index contributed by atoms with van der Waals surface area (Å²) in [7, 11) is -3.79. The van der Waals surface area contributed by atoms with Crippen molar-refractivity contribution < 1.29 is 17.3 Å². The number of rotatable bonds is 3. The van der Waals surface area contributed by atoms with Gasteiger partial charge in [-0.2, -0.15) is 0 Å². The van der Waals surface area contributed by atoms with Gasteiger partial charge in [-0.05, 0) is 44.5 Å². The smallest absolute Gasteiger partial charge is 0.267 e. The van der Waals surface area contributed by atoms with E-state index >= 15 is 0 Å². The SMILES string of the molecule is Cc1cc(NS(=O)(=O)c2c(C)noc2C)ccc1F. The van der Waals surface area contributed by atoms with Gasteiger partial charge in [0.2, 0.25) is 0 Å². The lowest BCUT2D eigenvalue weighted by atomic mass is 10.2. The van der Waals surface area contributed by atoms with Crippen molar-refractivity contribution in [3.63, 3.8) is 0 Å². The first-order valence-corrected chi connectivity index (χ1v) is 7.01. The second-order valence-corrected chi connectivity index (χ2v) is 5.84. The summed E-state index contributed by atoms with van der Waals surface area (Å²) in [5.74, 6) is -0.177. The average Bonchev–Trinajstić information content (AvgIpc) is 2.64. The predicted molar refractivity (Wildman–Crippen MR) is 67.9 cm³/mol. The molecular formula is C12H13FN2O3S. The van der Waals surface area contributed by atoms with Gasteiger partial charge in [0, 0.05) is 5.69 Å². The standard InChI is InChI=1S/C12H13FN2O3S/c1-7-6-10(4-5-11(7)13)15-19(16,17)12-8(2)14-18-9(12)3/h4-6,15H,1-3H3. The van der Waals surface area contributed by atoms with Gasteiger partial charge in [-0.1, -0.05) is 5.16 Å². The number of halogens is 1. The van der Waals surface area contributed by atoms with Crippen LogP contribution in [0.25, 0.3) is 0 Å². The number of aryl methyl sites for hydroxylation is 3. The van der Waals surface area contributed by atoms with Gasteiger partial charge >= 0.3 is 0 Å². The number of nitrogens with zero attached hydrogens (tertiary/aromatic N) is 1. The van der Waals surface area contributed by atoms with E-state index in [-0.39, 0.29) is 22.2 Å². The lowest BCUT2D eigenvalue weighted by Gasteiger charge is -2.08. The van der Waals surface area contributed by atoms with Crippen LogP contribution >= 0.6 is 0 Å². The Labute approximate surface area is 110 Å². The van der Waals surface area contributed by atoms with Gasteiger partial charge in [-0.3, -0.25) is 4.72 Å². The molecular weight excluding hydrogens is 271 g/mol. The number of hydrogen-bond donors (Lipinski definition) is 1. The Morgan fingerprint density at radius 2 is 1.95 bits per heavy atom. The van der Waals surface area contributed by atoms with Crippen LogP contribution in [0.2, 0.25) is 0 Å². The minimum atomic E-state index is -3.79. The summed E-state index contributed by atoms with van der Waals surface area (Å²) in [5, 5.41) is 3.60. The molecule has 19 heavy (non-hydrogen) atoms. The molecule has 0 fully saturated rings. The Morgan fingerprint density at radius 3 is 2.47 bits per heavy atom. The number of anilines is 1. The van der Waals surface area contributed by atoms with Gasteiger partial charge in [0.05, 0.1) is 0 Å². The maximum absolute atomic E-state index is 13.1. The summed E-state index contributed by atoms with van der Waals surface area (Å²) < 4.78 is 44.7. The molecule has 1 N–H and O–H groups in total. The Hall–Kier alpha value is -1.89. The fourth-order valence-electron chi connectivity index (χ4n) is 1.77. The van der Waals surface area contributed by atoms with Crippen molar-refractivity contribution in [2.45, 2.75) is 25.7 Å². The molecule has 7 heteroatoms. The first-order valence-electron chi connectivity index (χ1n) is 5.53. The Kier molecular flexibility index (Phi) is 3.32. The van der Waals surface area contributed by atoms with Crippen LogP contribution < -0.4 is 4.72 Å². The fraction of sp³-hybridized carbons (Fsp3) is 0.250. The van der Waals surface area contributed by atoms with Crippen molar-refractivity contribution >= 4 is 15.7 Å². The first-order chi connectivity index (χ1) is 8.81. The van der Waals surface area contributed by atoms with E-state index in [9.17, 15) is 12.8 Å². The molecule has 0 spiro atoms. The molecule has 5 nitrogen and oxygen atoms in total. The third kappa shape index (κ3) is 2.60. The summed E-state index contributed by atoms with van der Waals surface area (Å²) >= 11 is 0. The van der Waals surface area contributed by atoms with Gasteiger partial charge in [0.25, 0.3) is 10.0 Å². The number of hydrogen-bond acceptors (Lipinski definition) is 4. The van der Waals surface area contributed by atoms with Crippen molar-refractivity contribution in [1.29, 1.82) is 0 Å². The van der Waals surface area contributed by atoms with E-state index in [1.54, 1.807) is 13.8 Å². The molecule has 1 aromatic heterocycles. The van der Waals surface area contributed by atoms with Crippen LogP contribution in [0.3, 0.4) is 0 Å². The van der Waals surface area contributed by atoms with Crippen molar-refractivity contribution in [3.05, 3.63) is 41.0 Å². The highest BCUT2D eigenvalue weighted by Gasteiger charge is 2.24. The van der Waals surface area contributed by atoms with Crippen molar-refractivity contribution in [3.8, 4) is 0 Å². The van der Waals surface area contributed by atoms with E-state index in [0.717, 1.165) is 0 Å². The maximum Gasteiger partial charge on any atom is 0.267 e. The highest BCUT2D eigenvalue weighted by molar-refractivity contribution is 7.92. The Morgan fingerprint density at radius 1 is 1.26 bits per heavy atom. The summed E-state index contributed by atoms with van der Waals surface area (Å²) in [6.45, 7) is 4.62. The van der Waals surface area contributed by atoms with E-state index in [2.05, 4.69) is 9.88 Å². The van der Waals surface area contributed by atoms with Crippen LogP contribution in [0.15, 0.2) is 27.6 Å². The maximum atomic E-state index is 13.1. The monoisotopic (exact) mass is 284 g/mol. The van der Waals surface area contributed by atoms with Gasteiger partial charge < -0.3 is 4.52 Å². The molecule has 0 atom stereocenters. The summed E-state index contributed by atoms with van der Waals surface area (Å²) in [5.41, 5.74) is 0.932. The van der Waals surface area contributed by atoms with E-state index in [1.165, 1.54) is 25.1 Å². The minimum Gasteiger partial charge on any atom is -0.360 e. The molecule has 1 aromatic carbocycles. The van der Waals surface area contributed by atoms with Gasteiger partial charge in [0.1, 0.15) is 11.5 Å². The molecule has 0 unspecified atom stereocenters. The quantitative estimate of drug-likeness (QED) is 0.940. The Balaban J connectivity index is 2.39. The lowest BCUT2D eigenvalue weighted by molar-refractivity contribution is 0.390. The second-order valence-electron chi connectivity index (χ2n) is 4.22. The zero-order chi connectivity index (χ0) is 14.2. The molecule has 0 radical (unpaired) electrons. The molecule has 0 amide bonds. The van der Waals surface area contributed by atoms with Crippen molar-refractivity contribution in [1.82, 2.24) is 5.16 Å². The average molecular weight is 284 g/mol. The zero-order valence-electron chi connectivity index (χ0n) is 10.7. The van der Waals surface area contributed by atoms with E-state index < -0.39 is 10.0 Å².